The molecule has 0 amide bonds. The third-order valence-electron chi connectivity index (χ3n) is 2.90. The van der Waals surface area contributed by atoms with Crippen molar-refractivity contribution in [2.45, 2.75) is 0 Å². The second kappa shape index (κ2) is 5.58. The second-order valence-corrected chi connectivity index (χ2v) is 4.14. The minimum atomic E-state index is -1.35. The van der Waals surface area contributed by atoms with Crippen LogP contribution in [0.1, 0.15) is 10.4 Å². The number of benzene rings is 2. The van der Waals surface area contributed by atoms with Crippen LogP contribution >= 0.6 is 0 Å². The van der Waals surface area contributed by atoms with Crippen LogP contribution in [0.4, 0.5) is 10.1 Å². The van der Waals surface area contributed by atoms with E-state index >= 15 is 0 Å². The predicted molar refractivity (Wildman–Crippen MR) is 72.0 cm³/mol. The average Bonchev–Trinajstić information content (AvgIpc) is 2.46. The quantitative estimate of drug-likeness (QED) is 0.690. The molecule has 21 heavy (non-hydrogen) atoms. The molecule has 0 heterocycles. The Kier molecular flexibility index (Phi) is 3.84. The van der Waals surface area contributed by atoms with E-state index in [1.165, 1.54) is 25.3 Å². The summed E-state index contributed by atoms with van der Waals surface area (Å²) < 4.78 is 18.5. The van der Waals surface area contributed by atoms with E-state index in [9.17, 15) is 24.4 Å². The van der Waals surface area contributed by atoms with Gasteiger partial charge in [0.1, 0.15) is 11.6 Å². The first-order valence-corrected chi connectivity index (χ1v) is 5.79. The summed E-state index contributed by atoms with van der Waals surface area (Å²) in [5, 5.41) is 19.9. The Bertz CT molecular complexity index is 729. The lowest BCUT2D eigenvalue weighted by molar-refractivity contribution is -0.384. The van der Waals surface area contributed by atoms with E-state index in [-0.39, 0.29) is 28.1 Å². The topological polar surface area (TPSA) is 89.7 Å². The van der Waals surface area contributed by atoms with Gasteiger partial charge >= 0.3 is 5.97 Å². The summed E-state index contributed by atoms with van der Waals surface area (Å²) in [7, 11) is 1.36. The van der Waals surface area contributed by atoms with Crippen LogP contribution in [0.5, 0.6) is 5.75 Å². The van der Waals surface area contributed by atoms with Gasteiger partial charge in [0.25, 0.3) is 5.69 Å². The average molecular weight is 291 g/mol. The highest BCUT2D eigenvalue weighted by atomic mass is 19.1. The smallest absolute Gasteiger partial charge is 0.336 e. The van der Waals surface area contributed by atoms with Crippen molar-refractivity contribution in [3.63, 3.8) is 0 Å². The van der Waals surface area contributed by atoms with E-state index in [1.54, 1.807) is 0 Å². The van der Waals surface area contributed by atoms with Gasteiger partial charge in [-0.1, -0.05) is 0 Å². The highest BCUT2D eigenvalue weighted by Crippen LogP contribution is 2.34. The van der Waals surface area contributed by atoms with Gasteiger partial charge in [0.2, 0.25) is 0 Å². The maximum absolute atomic E-state index is 13.4. The molecule has 0 aliphatic rings. The molecule has 2 aromatic rings. The molecule has 0 aliphatic heterocycles. The first kappa shape index (κ1) is 14.4. The number of ether oxygens (including phenoxy) is 1. The number of methoxy groups -OCH3 is 1. The molecule has 2 aromatic carbocycles. The number of nitro benzene ring substituents is 1. The molecule has 0 radical (unpaired) electrons. The summed E-state index contributed by atoms with van der Waals surface area (Å²) in [6.45, 7) is 0. The van der Waals surface area contributed by atoms with Crippen LogP contribution in [0.2, 0.25) is 0 Å². The number of aromatic carboxylic acids is 1. The fourth-order valence-corrected chi connectivity index (χ4v) is 1.95. The van der Waals surface area contributed by atoms with Crippen molar-refractivity contribution in [3.8, 4) is 16.9 Å². The van der Waals surface area contributed by atoms with Crippen molar-refractivity contribution in [2.24, 2.45) is 0 Å². The van der Waals surface area contributed by atoms with Gasteiger partial charge in [-0.2, -0.15) is 0 Å². The normalized spacial score (nSPS) is 10.2. The maximum Gasteiger partial charge on any atom is 0.336 e. The number of hydrogen-bond acceptors (Lipinski definition) is 4. The van der Waals surface area contributed by atoms with Crippen molar-refractivity contribution in [3.05, 3.63) is 57.9 Å². The first-order chi connectivity index (χ1) is 9.93. The third kappa shape index (κ3) is 2.81. The molecule has 0 saturated heterocycles. The molecule has 0 saturated carbocycles. The van der Waals surface area contributed by atoms with Crippen LogP contribution in [-0.4, -0.2) is 23.1 Å². The lowest BCUT2D eigenvalue weighted by Crippen LogP contribution is -2.02. The highest BCUT2D eigenvalue weighted by molar-refractivity contribution is 5.97. The summed E-state index contributed by atoms with van der Waals surface area (Å²) in [6, 6.07) is 7.01. The van der Waals surface area contributed by atoms with Gasteiger partial charge < -0.3 is 9.84 Å². The largest absolute Gasteiger partial charge is 0.496 e. The monoisotopic (exact) mass is 291 g/mol. The molecular weight excluding hydrogens is 281 g/mol. The lowest BCUT2D eigenvalue weighted by atomic mass is 9.98. The molecule has 0 aromatic heterocycles. The molecule has 0 fully saturated rings. The van der Waals surface area contributed by atoms with Crippen molar-refractivity contribution in [2.75, 3.05) is 7.11 Å². The Hall–Kier alpha value is -2.96. The van der Waals surface area contributed by atoms with Crippen LogP contribution in [-0.2, 0) is 0 Å². The number of carbonyl (C=O) groups is 1. The Balaban J connectivity index is 2.71. The van der Waals surface area contributed by atoms with E-state index in [4.69, 9.17) is 4.74 Å². The molecule has 0 atom stereocenters. The molecule has 108 valence electrons. The zero-order chi connectivity index (χ0) is 15.6. The minimum absolute atomic E-state index is 0.143. The first-order valence-electron chi connectivity index (χ1n) is 5.79. The van der Waals surface area contributed by atoms with Gasteiger partial charge in [0.05, 0.1) is 17.6 Å². The number of halogens is 1. The third-order valence-corrected chi connectivity index (χ3v) is 2.90. The van der Waals surface area contributed by atoms with Crippen LogP contribution < -0.4 is 4.74 Å². The van der Waals surface area contributed by atoms with Gasteiger partial charge in [-0.05, 0) is 24.3 Å². The zero-order valence-corrected chi connectivity index (χ0v) is 10.9. The van der Waals surface area contributed by atoms with Crippen molar-refractivity contribution in [1.29, 1.82) is 0 Å². The van der Waals surface area contributed by atoms with Gasteiger partial charge in [-0.15, -0.1) is 0 Å². The van der Waals surface area contributed by atoms with E-state index in [1.807, 2.05) is 0 Å². The van der Waals surface area contributed by atoms with Gasteiger partial charge in [0.15, 0.2) is 0 Å². The van der Waals surface area contributed by atoms with Crippen molar-refractivity contribution < 1.29 is 24.0 Å². The number of non-ortho nitro benzene ring substituents is 1. The van der Waals surface area contributed by atoms with Gasteiger partial charge in [-0.3, -0.25) is 10.1 Å². The van der Waals surface area contributed by atoms with Gasteiger partial charge in [0, 0.05) is 23.3 Å². The molecule has 6 nitrogen and oxygen atoms in total. The lowest BCUT2D eigenvalue weighted by Gasteiger charge is -2.11. The van der Waals surface area contributed by atoms with E-state index in [2.05, 4.69) is 0 Å². The SMILES string of the molecule is COc1ccc(F)cc1-c1ccc([N+](=O)[O-])cc1C(=O)O. The molecule has 0 spiro atoms. The summed E-state index contributed by atoms with van der Waals surface area (Å²) in [4.78, 5) is 21.3. The van der Waals surface area contributed by atoms with E-state index < -0.39 is 16.7 Å². The maximum atomic E-state index is 13.4. The molecule has 0 bridgehead atoms. The molecule has 1 N–H and O–H groups in total. The Labute approximate surface area is 118 Å². The predicted octanol–water partition coefficient (Wildman–Crippen LogP) is 3.11. The highest BCUT2D eigenvalue weighted by Gasteiger charge is 2.19. The van der Waals surface area contributed by atoms with Crippen LogP contribution in [0.15, 0.2) is 36.4 Å². The summed E-state index contributed by atoms with van der Waals surface area (Å²) in [6.07, 6.45) is 0. The molecule has 0 aliphatic carbocycles. The number of rotatable bonds is 4. The summed E-state index contributed by atoms with van der Waals surface area (Å²) in [5.74, 6) is -1.65. The zero-order valence-electron chi connectivity index (χ0n) is 10.9. The van der Waals surface area contributed by atoms with Gasteiger partial charge in [-0.25, -0.2) is 9.18 Å². The van der Waals surface area contributed by atoms with Crippen LogP contribution in [0, 0.1) is 15.9 Å². The number of nitrogens with zero attached hydrogens (tertiary/aromatic N) is 1. The molecular formula is C14H10FNO5. The van der Waals surface area contributed by atoms with Crippen LogP contribution in [0.3, 0.4) is 0 Å². The number of carboxylic acids is 1. The fraction of sp³-hybridized carbons (Fsp3) is 0.0714. The molecule has 0 unspecified atom stereocenters. The van der Waals surface area contributed by atoms with E-state index in [0.717, 1.165) is 18.2 Å². The standard InChI is InChI=1S/C14H10FNO5/c1-21-13-5-2-8(15)6-11(13)10-4-3-9(16(19)20)7-12(10)14(17)18/h2-7H,1H3,(H,17,18). The fourth-order valence-electron chi connectivity index (χ4n) is 1.95. The molecule has 7 heteroatoms. The molecule has 2 rings (SSSR count). The second-order valence-electron chi connectivity index (χ2n) is 4.14. The Morgan fingerprint density at radius 1 is 1.24 bits per heavy atom. The van der Waals surface area contributed by atoms with E-state index in [0.29, 0.717) is 0 Å². The summed E-state index contributed by atoms with van der Waals surface area (Å²) in [5.41, 5.74) is -0.297. The minimum Gasteiger partial charge on any atom is -0.496 e. The van der Waals surface area contributed by atoms with Crippen molar-refractivity contribution in [1.82, 2.24) is 0 Å². The summed E-state index contributed by atoms with van der Waals surface area (Å²) >= 11 is 0. The Morgan fingerprint density at radius 3 is 2.52 bits per heavy atom. The number of carboxylic acid groups (broad SMARTS) is 1. The van der Waals surface area contributed by atoms with Crippen molar-refractivity contribution >= 4 is 11.7 Å². The van der Waals surface area contributed by atoms with Crippen LogP contribution in [0.25, 0.3) is 11.1 Å². The number of nitro groups is 1. The number of hydrogen-bond donors (Lipinski definition) is 1. The Morgan fingerprint density at radius 2 is 1.95 bits per heavy atom.